The zero-order valence-electron chi connectivity index (χ0n) is 19.5. The molecule has 1 spiro atoms. The van der Waals surface area contributed by atoms with Crippen molar-refractivity contribution in [3.05, 3.63) is 83.6 Å². The molecule has 1 aromatic heterocycles. The molecule has 182 valence electrons. The van der Waals surface area contributed by atoms with E-state index in [1.165, 1.54) is 4.90 Å². The van der Waals surface area contributed by atoms with Gasteiger partial charge in [-0.05, 0) is 48.6 Å². The standard InChI is InChI=1S/C27H30N4O3S/c32-22-17-27(35-24-9-5-4-8-21(22)24)12-14-31(15-13-27)25-11-10-20(29-30-25)16-26(34)28-18-23(33)19-6-2-1-3-7-19/h1-11,22-23,32-33H,12-18H2,(H,28,34). The average molecular weight is 491 g/mol. The van der Waals surface area contributed by atoms with E-state index in [0.29, 0.717) is 5.69 Å². The maximum atomic E-state index is 12.3. The summed E-state index contributed by atoms with van der Waals surface area (Å²) in [5.41, 5.74) is 2.41. The highest BCUT2D eigenvalue weighted by Crippen LogP contribution is 2.52. The Morgan fingerprint density at radius 1 is 1.06 bits per heavy atom. The Morgan fingerprint density at radius 3 is 2.54 bits per heavy atom. The number of thioether (sulfide) groups is 1. The molecule has 8 heteroatoms. The highest BCUT2D eigenvalue weighted by molar-refractivity contribution is 8.00. The second kappa shape index (κ2) is 10.4. The zero-order valence-corrected chi connectivity index (χ0v) is 20.3. The third-order valence-electron chi connectivity index (χ3n) is 6.89. The van der Waals surface area contributed by atoms with Crippen molar-refractivity contribution < 1.29 is 15.0 Å². The molecule has 1 saturated heterocycles. The third kappa shape index (κ3) is 5.50. The van der Waals surface area contributed by atoms with Gasteiger partial charge in [0.15, 0.2) is 5.82 Å². The number of hydrogen-bond donors (Lipinski definition) is 3. The van der Waals surface area contributed by atoms with Gasteiger partial charge in [0.25, 0.3) is 0 Å². The molecule has 5 rings (SSSR count). The van der Waals surface area contributed by atoms with Crippen LogP contribution in [0.25, 0.3) is 0 Å². The third-order valence-corrected chi connectivity index (χ3v) is 8.49. The van der Waals surface area contributed by atoms with Crippen molar-refractivity contribution in [3.63, 3.8) is 0 Å². The molecule has 0 aliphatic carbocycles. The van der Waals surface area contributed by atoms with Gasteiger partial charge in [-0.2, -0.15) is 5.10 Å². The van der Waals surface area contributed by atoms with Crippen LogP contribution in [0.1, 0.15) is 48.3 Å². The largest absolute Gasteiger partial charge is 0.388 e. The Morgan fingerprint density at radius 2 is 1.80 bits per heavy atom. The van der Waals surface area contributed by atoms with Crippen molar-refractivity contribution in [3.8, 4) is 0 Å². The SMILES string of the molecule is O=C(Cc1ccc(N2CCC3(CC2)CC(O)c2ccccc2S3)nn1)NCC(O)c1ccccc1. The van der Waals surface area contributed by atoms with Crippen LogP contribution in [0.4, 0.5) is 5.82 Å². The first-order chi connectivity index (χ1) is 17.0. The fraction of sp³-hybridized carbons (Fsp3) is 0.370. The second-order valence-electron chi connectivity index (χ2n) is 9.32. The first kappa shape index (κ1) is 23.8. The number of benzene rings is 2. The van der Waals surface area contributed by atoms with E-state index < -0.39 is 12.2 Å². The molecule has 2 aliphatic rings. The predicted octanol–water partition coefficient (Wildman–Crippen LogP) is 3.44. The molecule has 3 aromatic rings. The van der Waals surface area contributed by atoms with Crippen LogP contribution in [0.5, 0.6) is 0 Å². The van der Waals surface area contributed by atoms with Crippen molar-refractivity contribution in [2.24, 2.45) is 0 Å². The molecule has 7 nitrogen and oxygen atoms in total. The fourth-order valence-corrected chi connectivity index (χ4v) is 6.44. The van der Waals surface area contributed by atoms with Crippen molar-refractivity contribution in [1.82, 2.24) is 15.5 Å². The number of nitrogens with zero attached hydrogens (tertiary/aromatic N) is 3. The number of fused-ring (bicyclic) bond motifs is 1. The topological polar surface area (TPSA) is 98.6 Å². The molecule has 3 heterocycles. The fourth-order valence-electron chi connectivity index (χ4n) is 4.88. The van der Waals surface area contributed by atoms with Crippen LogP contribution in [0.3, 0.4) is 0 Å². The van der Waals surface area contributed by atoms with Gasteiger partial charge in [0, 0.05) is 29.3 Å². The molecule has 0 bridgehead atoms. The number of aliphatic hydroxyl groups excluding tert-OH is 2. The van der Waals surface area contributed by atoms with Crippen LogP contribution in [0, 0.1) is 0 Å². The molecule has 1 fully saturated rings. The summed E-state index contributed by atoms with van der Waals surface area (Å²) in [5.74, 6) is 0.611. The molecule has 0 saturated carbocycles. The molecule has 1 amide bonds. The summed E-state index contributed by atoms with van der Waals surface area (Å²) < 4.78 is 0.0556. The molecule has 0 radical (unpaired) electrons. The Kier molecular flexibility index (Phi) is 7.04. The average Bonchev–Trinajstić information content (AvgIpc) is 2.89. The molecule has 3 N–H and O–H groups in total. The summed E-state index contributed by atoms with van der Waals surface area (Å²) in [6.07, 6.45) is 1.69. The van der Waals surface area contributed by atoms with Crippen molar-refractivity contribution in [1.29, 1.82) is 0 Å². The van der Waals surface area contributed by atoms with Gasteiger partial charge in [-0.15, -0.1) is 16.9 Å². The van der Waals surface area contributed by atoms with Gasteiger partial charge < -0.3 is 20.4 Å². The van der Waals surface area contributed by atoms with Crippen LogP contribution in [0.2, 0.25) is 0 Å². The van der Waals surface area contributed by atoms with E-state index in [-0.39, 0.29) is 23.6 Å². The van der Waals surface area contributed by atoms with Gasteiger partial charge in [-0.25, -0.2) is 0 Å². The quantitative estimate of drug-likeness (QED) is 0.487. The predicted molar refractivity (Wildman–Crippen MR) is 136 cm³/mol. The van der Waals surface area contributed by atoms with E-state index >= 15 is 0 Å². The summed E-state index contributed by atoms with van der Waals surface area (Å²) in [6.45, 7) is 1.86. The molecule has 35 heavy (non-hydrogen) atoms. The maximum Gasteiger partial charge on any atom is 0.226 e. The van der Waals surface area contributed by atoms with Gasteiger partial charge >= 0.3 is 0 Å². The minimum Gasteiger partial charge on any atom is -0.388 e. The number of aromatic nitrogens is 2. The molecule has 2 aromatic carbocycles. The number of aliphatic hydroxyl groups is 2. The lowest BCUT2D eigenvalue weighted by molar-refractivity contribution is -0.121. The Bertz CT molecular complexity index is 1150. The summed E-state index contributed by atoms with van der Waals surface area (Å²) in [4.78, 5) is 15.7. The van der Waals surface area contributed by atoms with Gasteiger partial charge in [-0.3, -0.25) is 4.79 Å². The smallest absolute Gasteiger partial charge is 0.226 e. The lowest BCUT2D eigenvalue weighted by Gasteiger charge is -2.45. The lowest BCUT2D eigenvalue weighted by Crippen LogP contribution is -2.44. The number of anilines is 1. The Labute approximate surface area is 209 Å². The van der Waals surface area contributed by atoms with Gasteiger partial charge in [0.05, 0.1) is 24.3 Å². The number of rotatable bonds is 6. The van der Waals surface area contributed by atoms with E-state index in [1.54, 1.807) is 0 Å². The van der Waals surface area contributed by atoms with Crippen molar-refractivity contribution >= 4 is 23.5 Å². The summed E-state index contributed by atoms with van der Waals surface area (Å²) >= 11 is 1.91. The lowest BCUT2D eigenvalue weighted by atomic mass is 9.87. The summed E-state index contributed by atoms with van der Waals surface area (Å²) in [5, 5.41) is 32.3. The molecule has 2 aliphatic heterocycles. The van der Waals surface area contributed by atoms with Gasteiger partial charge in [0.1, 0.15) is 0 Å². The first-order valence-corrected chi connectivity index (χ1v) is 12.9. The van der Waals surface area contributed by atoms with E-state index in [0.717, 1.165) is 49.3 Å². The van der Waals surface area contributed by atoms with E-state index in [4.69, 9.17) is 0 Å². The highest BCUT2D eigenvalue weighted by Gasteiger charge is 2.41. The van der Waals surface area contributed by atoms with Crippen LogP contribution in [-0.2, 0) is 11.2 Å². The Balaban J connectivity index is 1.12. The molecular formula is C27H30N4O3S. The minimum absolute atomic E-state index is 0.0556. The number of nitrogens with one attached hydrogen (secondary N) is 1. The minimum atomic E-state index is -0.743. The normalized spacial score (nSPS) is 19.7. The van der Waals surface area contributed by atoms with E-state index in [2.05, 4.69) is 26.5 Å². The molecule has 2 unspecified atom stereocenters. The zero-order chi connectivity index (χ0) is 24.3. The summed E-state index contributed by atoms with van der Waals surface area (Å²) in [7, 11) is 0. The van der Waals surface area contributed by atoms with Gasteiger partial charge in [-0.1, -0.05) is 48.5 Å². The molecule has 2 atom stereocenters. The summed E-state index contributed by atoms with van der Waals surface area (Å²) in [6, 6.07) is 21.2. The van der Waals surface area contributed by atoms with Gasteiger partial charge in [0.2, 0.25) is 5.91 Å². The van der Waals surface area contributed by atoms with Crippen molar-refractivity contribution in [2.45, 2.75) is 47.5 Å². The van der Waals surface area contributed by atoms with Crippen LogP contribution < -0.4 is 10.2 Å². The van der Waals surface area contributed by atoms with Crippen LogP contribution in [-0.4, -0.2) is 50.7 Å². The van der Waals surface area contributed by atoms with E-state index in [1.807, 2.05) is 72.4 Å². The molecular weight excluding hydrogens is 460 g/mol. The Hall–Kier alpha value is -2.94. The van der Waals surface area contributed by atoms with Crippen molar-refractivity contribution in [2.75, 3.05) is 24.5 Å². The second-order valence-corrected chi connectivity index (χ2v) is 10.8. The van der Waals surface area contributed by atoms with E-state index in [9.17, 15) is 15.0 Å². The first-order valence-electron chi connectivity index (χ1n) is 12.0. The maximum absolute atomic E-state index is 12.3. The number of carbonyl (C=O) groups excluding carboxylic acids is 1. The number of carbonyl (C=O) groups is 1. The highest BCUT2D eigenvalue weighted by atomic mass is 32.2. The number of hydrogen-bond acceptors (Lipinski definition) is 7. The number of piperidine rings is 1. The van der Waals surface area contributed by atoms with Crippen LogP contribution in [0.15, 0.2) is 71.6 Å². The number of amides is 1. The van der Waals surface area contributed by atoms with Crippen LogP contribution >= 0.6 is 11.8 Å². The monoisotopic (exact) mass is 490 g/mol.